The van der Waals surface area contributed by atoms with Crippen molar-refractivity contribution in [3.8, 4) is 11.4 Å². The van der Waals surface area contributed by atoms with Gasteiger partial charge < -0.3 is 0 Å². The van der Waals surface area contributed by atoms with Crippen molar-refractivity contribution in [1.82, 2.24) is 20.2 Å². The SMILES string of the molecule is Cc1sccc1-c1nnn(C)n1. The fourth-order valence-corrected chi connectivity index (χ4v) is 1.70. The van der Waals surface area contributed by atoms with Gasteiger partial charge in [0.1, 0.15) is 0 Å². The van der Waals surface area contributed by atoms with Crippen LogP contribution in [0.2, 0.25) is 0 Å². The molecule has 2 rings (SSSR count). The van der Waals surface area contributed by atoms with Crippen LogP contribution < -0.4 is 0 Å². The monoisotopic (exact) mass is 180 g/mol. The van der Waals surface area contributed by atoms with Crippen molar-refractivity contribution in [3.05, 3.63) is 16.3 Å². The van der Waals surface area contributed by atoms with E-state index in [1.807, 2.05) is 11.4 Å². The third kappa shape index (κ3) is 1.12. The van der Waals surface area contributed by atoms with E-state index in [0.29, 0.717) is 5.82 Å². The maximum absolute atomic E-state index is 4.12. The molecule has 0 aliphatic heterocycles. The molecule has 2 aromatic heterocycles. The highest BCUT2D eigenvalue weighted by Crippen LogP contribution is 2.23. The number of hydrogen-bond donors (Lipinski definition) is 0. The maximum Gasteiger partial charge on any atom is 0.206 e. The summed E-state index contributed by atoms with van der Waals surface area (Å²) in [6.45, 7) is 2.05. The Balaban J connectivity index is 2.50. The molecule has 2 aromatic rings. The van der Waals surface area contributed by atoms with E-state index < -0.39 is 0 Å². The summed E-state index contributed by atoms with van der Waals surface area (Å²) in [6, 6.07) is 2.01. The van der Waals surface area contributed by atoms with Gasteiger partial charge in [-0.15, -0.1) is 21.5 Å². The summed E-state index contributed by atoms with van der Waals surface area (Å²) in [4.78, 5) is 2.69. The number of aryl methyl sites for hydroxylation is 2. The Labute approximate surface area is 73.8 Å². The van der Waals surface area contributed by atoms with Crippen LogP contribution in [0.1, 0.15) is 4.88 Å². The smallest absolute Gasteiger partial charge is 0.167 e. The van der Waals surface area contributed by atoms with Crippen LogP contribution in [0.25, 0.3) is 11.4 Å². The van der Waals surface area contributed by atoms with Crippen LogP contribution in [-0.4, -0.2) is 20.2 Å². The topological polar surface area (TPSA) is 43.6 Å². The molecule has 0 bridgehead atoms. The molecule has 0 fully saturated rings. The van der Waals surface area contributed by atoms with Gasteiger partial charge in [-0.1, -0.05) is 0 Å². The molecule has 0 saturated carbocycles. The highest BCUT2D eigenvalue weighted by molar-refractivity contribution is 7.10. The molecule has 12 heavy (non-hydrogen) atoms. The van der Waals surface area contributed by atoms with E-state index in [2.05, 4.69) is 22.3 Å². The lowest BCUT2D eigenvalue weighted by Gasteiger charge is -1.88. The standard InChI is InChI=1S/C7H8N4S/c1-5-6(3-4-12-5)7-8-10-11(2)9-7/h3-4H,1-2H3. The molecular weight excluding hydrogens is 172 g/mol. The number of rotatable bonds is 1. The fourth-order valence-electron chi connectivity index (χ4n) is 1.01. The number of nitrogens with zero attached hydrogens (tertiary/aromatic N) is 4. The summed E-state index contributed by atoms with van der Waals surface area (Å²) >= 11 is 1.69. The Morgan fingerprint density at radius 3 is 2.83 bits per heavy atom. The van der Waals surface area contributed by atoms with Crippen LogP contribution >= 0.6 is 11.3 Å². The molecule has 0 spiro atoms. The first-order valence-electron chi connectivity index (χ1n) is 3.56. The third-order valence-electron chi connectivity index (χ3n) is 1.61. The zero-order valence-corrected chi connectivity index (χ0v) is 7.67. The van der Waals surface area contributed by atoms with Crippen molar-refractivity contribution >= 4 is 11.3 Å². The summed E-state index contributed by atoms with van der Waals surface area (Å²) in [6.07, 6.45) is 0. The number of thiophene rings is 1. The second-order valence-corrected chi connectivity index (χ2v) is 3.61. The van der Waals surface area contributed by atoms with Gasteiger partial charge in [0.15, 0.2) is 0 Å². The number of aromatic nitrogens is 4. The van der Waals surface area contributed by atoms with Gasteiger partial charge in [0.05, 0.1) is 7.05 Å². The Bertz CT molecular complexity index is 390. The molecule has 5 heteroatoms. The second kappa shape index (κ2) is 2.67. The van der Waals surface area contributed by atoms with Crippen LogP contribution in [0.4, 0.5) is 0 Å². The molecule has 62 valence electrons. The van der Waals surface area contributed by atoms with Crippen molar-refractivity contribution in [2.45, 2.75) is 6.92 Å². The van der Waals surface area contributed by atoms with E-state index in [1.54, 1.807) is 18.4 Å². The molecule has 4 nitrogen and oxygen atoms in total. The zero-order chi connectivity index (χ0) is 8.55. The molecule has 0 aliphatic rings. The van der Waals surface area contributed by atoms with Gasteiger partial charge in [-0.3, -0.25) is 0 Å². The lowest BCUT2D eigenvalue weighted by atomic mass is 10.2. The number of tetrazole rings is 1. The van der Waals surface area contributed by atoms with Crippen molar-refractivity contribution in [2.75, 3.05) is 0 Å². The first kappa shape index (κ1) is 7.42. The van der Waals surface area contributed by atoms with Gasteiger partial charge in [-0.25, -0.2) is 0 Å². The van der Waals surface area contributed by atoms with E-state index >= 15 is 0 Å². The van der Waals surface area contributed by atoms with E-state index in [9.17, 15) is 0 Å². The van der Waals surface area contributed by atoms with E-state index in [4.69, 9.17) is 0 Å². The van der Waals surface area contributed by atoms with Crippen LogP contribution in [-0.2, 0) is 7.05 Å². The minimum Gasteiger partial charge on any atom is -0.167 e. The summed E-state index contributed by atoms with van der Waals surface area (Å²) in [5.74, 6) is 0.705. The van der Waals surface area contributed by atoms with Crippen molar-refractivity contribution in [2.24, 2.45) is 7.05 Å². The molecule has 0 N–H and O–H groups in total. The lowest BCUT2D eigenvalue weighted by molar-refractivity contribution is 0.630. The molecule has 0 atom stereocenters. The van der Waals surface area contributed by atoms with Crippen LogP contribution in [0.3, 0.4) is 0 Å². The minimum atomic E-state index is 0.705. The Hall–Kier alpha value is -1.23. The lowest BCUT2D eigenvalue weighted by Crippen LogP contribution is -1.91. The first-order chi connectivity index (χ1) is 5.77. The average Bonchev–Trinajstić information content (AvgIpc) is 2.58. The Kier molecular flexibility index (Phi) is 1.65. The van der Waals surface area contributed by atoms with Gasteiger partial charge in [0, 0.05) is 10.4 Å². The molecular formula is C7H8N4S. The Morgan fingerprint density at radius 2 is 2.33 bits per heavy atom. The van der Waals surface area contributed by atoms with Crippen molar-refractivity contribution in [3.63, 3.8) is 0 Å². The van der Waals surface area contributed by atoms with Crippen molar-refractivity contribution in [1.29, 1.82) is 0 Å². The van der Waals surface area contributed by atoms with Gasteiger partial charge in [-0.2, -0.15) is 4.80 Å². The largest absolute Gasteiger partial charge is 0.206 e. The highest BCUT2D eigenvalue weighted by Gasteiger charge is 2.07. The Morgan fingerprint density at radius 1 is 1.50 bits per heavy atom. The summed E-state index contributed by atoms with van der Waals surface area (Å²) in [5, 5.41) is 13.8. The quantitative estimate of drug-likeness (QED) is 0.663. The van der Waals surface area contributed by atoms with E-state index in [0.717, 1.165) is 5.56 Å². The fraction of sp³-hybridized carbons (Fsp3) is 0.286. The number of hydrogen-bond acceptors (Lipinski definition) is 4. The molecule has 0 unspecified atom stereocenters. The third-order valence-corrected chi connectivity index (χ3v) is 2.45. The van der Waals surface area contributed by atoms with Gasteiger partial charge >= 0.3 is 0 Å². The molecule has 0 radical (unpaired) electrons. The summed E-state index contributed by atoms with van der Waals surface area (Å²) in [7, 11) is 1.76. The summed E-state index contributed by atoms with van der Waals surface area (Å²) < 4.78 is 0. The molecule has 0 aromatic carbocycles. The molecule has 0 aliphatic carbocycles. The molecule has 0 amide bonds. The molecule has 2 heterocycles. The summed E-state index contributed by atoms with van der Waals surface area (Å²) in [5.41, 5.74) is 1.08. The predicted molar refractivity (Wildman–Crippen MR) is 46.8 cm³/mol. The normalized spacial score (nSPS) is 10.5. The van der Waals surface area contributed by atoms with Crippen LogP contribution in [0.5, 0.6) is 0 Å². The molecule has 0 saturated heterocycles. The average molecular weight is 180 g/mol. The van der Waals surface area contributed by atoms with Crippen LogP contribution in [0, 0.1) is 6.92 Å². The predicted octanol–water partition coefficient (Wildman–Crippen LogP) is 1.25. The van der Waals surface area contributed by atoms with Crippen LogP contribution in [0.15, 0.2) is 11.4 Å². The minimum absolute atomic E-state index is 0.705. The highest BCUT2D eigenvalue weighted by atomic mass is 32.1. The van der Waals surface area contributed by atoms with Crippen molar-refractivity contribution < 1.29 is 0 Å². The zero-order valence-electron chi connectivity index (χ0n) is 6.85. The van der Waals surface area contributed by atoms with Gasteiger partial charge in [0.2, 0.25) is 5.82 Å². The first-order valence-corrected chi connectivity index (χ1v) is 4.44. The second-order valence-electron chi connectivity index (χ2n) is 2.49. The van der Waals surface area contributed by atoms with E-state index in [1.165, 1.54) is 9.67 Å². The van der Waals surface area contributed by atoms with Gasteiger partial charge in [0.25, 0.3) is 0 Å². The van der Waals surface area contributed by atoms with E-state index in [-0.39, 0.29) is 0 Å². The van der Waals surface area contributed by atoms with Gasteiger partial charge in [-0.05, 0) is 23.6 Å². The maximum atomic E-state index is 4.12.